The summed E-state index contributed by atoms with van der Waals surface area (Å²) < 4.78 is 4.52. The predicted octanol–water partition coefficient (Wildman–Crippen LogP) is 1.79. The van der Waals surface area contributed by atoms with Crippen LogP contribution in [0.3, 0.4) is 0 Å². The van der Waals surface area contributed by atoms with Crippen molar-refractivity contribution in [3.63, 3.8) is 0 Å². The Morgan fingerprint density at radius 3 is 3.00 bits per heavy atom. The van der Waals surface area contributed by atoms with Gasteiger partial charge in [-0.05, 0) is 25.3 Å². The maximum absolute atomic E-state index is 10.0. The van der Waals surface area contributed by atoms with E-state index in [1.54, 1.807) is 6.08 Å². The molecular formula is C7H10O3. The molecule has 0 unspecified atom stereocenters. The molecule has 1 aliphatic rings. The van der Waals surface area contributed by atoms with Crippen LogP contribution in [0.4, 0.5) is 4.79 Å². The highest BCUT2D eigenvalue weighted by molar-refractivity contribution is 5.57. The van der Waals surface area contributed by atoms with Gasteiger partial charge in [-0.1, -0.05) is 6.08 Å². The van der Waals surface area contributed by atoms with Crippen LogP contribution in [0.15, 0.2) is 12.2 Å². The van der Waals surface area contributed by atoms with Crippen LogP contribution in [0.1, 0.15) is 19.3 Å². The van der Waals surface area contributed by atoms with Crippen LogP contribution in [0, 0.1) is 0 Å². The molecule has 0 aliphatic heterocycles. The number of carbonyl (C=O) groups is 1. The maximum Gasteiger partial charge on any atom is 0.506 e. The number of hydrogen-bond donors (Lipinski definition) is 1. The molecule has 0 amide bonds. The summed E-state index contributed by atoms with van der Waals surface area (Å²) in [5.74, 6) is 0. The van der Waals surface area contributed by atoms with E-state index in [0.29, 0.717) is 0 Å². The Kier molecular flexibility index (Phi) is 2.31. The van der Waals surface area contributed by atoms with Gasteiger partial charge in [-0.3, -0.25) is 0 Å². The lowest BCUT2D eigenvalue weighted by molar-refractivity contribution is 0.0641. The quantitative estimate of drug-likeness (QED) is 0.448. The molecule has 0 heterocycles. The SMILES string of the molecule is O=C(O)O[C@@H]1C=CCCC1. The molecule has 0 bridgehead atoms. The van der Waals surface area contributed by atoms with E-state index in [4.69, 9.17) is 5.11 Å². The summed E-state index contributed by atoms with van der Waals surface area (Å²) in [4.78, 5) is 10.0. The summed E-state index contributed by atoms with van der Waals surface area (Å²) >= 11 is 0. The summed E-state index contributed by atoms with van der Waals surface area (Å²) in [6, 6.07) is 0. The third-order valence-corrected chi connectivity index (χ3v) is 1.46. The minimum Gasteiger partial charge on any atom is -0.450 e. The van der Waals surface area contributed by atoms with Crippen LogP contribution in [-0.4, -0.2) is 17.4 Å². The molecule has 3 heteroatoms. The monoisotopic (exact) mass is 142 g/mol. The van der Waals surface area contributed by atoms with Gasteiger partial charge in [-0.25, -0.2) is 4.79 Å². The topological polar surface area (TPSA) is 46.5 Å². The number of carboxylic acid groups (broad SMARTS) is 1. The zero-order valence-corrected chi connectivity index (χ0v) is 5.62. The molecule has 0 radical (unpaired) electrons. The van der Waals surface area contributed by atoms with E-state index in [9.17, 15) is 4.79 Å². The number of ether oxygens (including phenoxy) is 1. The Bertz CT molecular complexity index is 151. The molecule has 1 aliphatic carbocycles. The summed E-state index contributed by atoms with van der Waals surface area (Å²) in [7, 11) is 0. The molecule has 0 spiro atoms. The van der Waals surface area contributed by atoms with Crippen molar-refractivity contribution in [2.45, 2.75) is 25.4 Å². The van der Waals surface area contributed by atoms with Crippen molar-refractivity contribution in [3.05, 3.63) is 12.2 Å². The fraction of sp³-hybridized carbons (Fsp3) is 0.571. The lowest BCUT2D eigenvalue weighted by Gasteiger charge is -2.14. The summed E-state index contributed by atoms with van der Waals surface area (Å²) in [5.41, 5.74) is 0. The molecule has 1 rings (SSSR count). The van der Waals surface area contributed by atoms with Crippen molar-refractivity contribution in [3.8, 4) is 0 Å². The highest BCUT2D eigenvalue weighted by atomic mass is 16.7. The van der Waals surface area contributed by atoms with Crippen molar-refractivity contribution in [1.29, 1.82) is 0 Å². The Hall–Kier alpha value is -0.990. The Balaban J connectivity index is 2.33. The van der Waals surface area contributed by atoms with E-state index in [0.717, 1.165) is 19.3 Å². The van der Waals surface area contributed by atoms with Gasteiger partial charge in [-0.15, -0.1) is 0 Å². The average molecular weight is 142 g/mol. The van der Waals surface area contributed by atoms with Crippen molar-refractivity contribution in [1.82, 2.24) is 0 Å². The summed E-state index contributed by atoms with van der Waals surface area (Å²) in [5, 5.41) is 8.21. The second kappa shape index (κ2) is 3.25. The Labute approximate surface area is 59.3 Å². The van der Waals surface area contributed by atoms with Gasteiger partial charge in [0.2, 0.25) is 0 Å². The largest absolute Gasteiger partial charge is 0.506 e. The minimum absolute atomic E-state index is 0.203. The van der Waals surface area contributed by atoms with Crippen molar-refractivity contribution in [2.75, 3.05) is 0 Å². The van der Waals surface area contributed by atoms with Crippen LogP contribution in [0.5, 0.6) is 0 Å². The van der Waals surface area contributed by atoms with Crippen LogP contribution in [-0.2, 0) is 4.74 Å². The third kappa shape index (κ3) is 2.09. The first-order valence-electron chi connectivity index (χ1n) is 3.35. The van der Waals surface area contributed by atoms with E-state index in [-0.39, 0.29) is 6.10 Å². The number of rotatable bonds is 1. The molecule has 0 aromatic carbocycles. The molecule has 1 atom stereocenters. The lowest BCUT2D eigenvalue weighted by Crippen LogP contribution is -2.15. The summed E-state index contributed by atoms with van der Waals surface area (Å²) in [6.45, 7) is 0. The predicted molar refractivity (Wildman–Crippen MR) is 35.9 cm³/mol. The first-order chi connectivity index (χ1) is 4.79. The van der Waals surface area contributed by atoms with Crippen LogP contribution in [0.25, 0.3) is 0 Å². The number of allylic oxidation sites excluding steroid dienone is 1. The van der Waals surface area contributed by atoms with E-state index < -0.39 is 6.16 Å². The zero-order chi connectivity index (χ0) is 7.40. The maximum atomic E-state index is 10.0. The normalized spacial score (nSPS) is 24.2. The summed E-state index contributed by atoms with van der Waals surface area (Å²) in [6.07, 6.45) is 5.26. The van der Waals surface area contributed by atoms with E-state index >= 15 is 0 Å². The number of hydrogen-bond acceptors (Lipinski definition) is 2. The first kappa shape index (κ1) is 7.12. The third-order valence-electron chi connectivity index (χ3n) is 1.46. The van der Waals surface area contributed by atoms with Crippen LogP contribution in [0.2, 0.25) is 0 Å². The van der Waals surface area contributed by atoms with Gasteiger partial charge >= 0.3 is 6.16 Å². The molecule has 0 fully saturated rings. The van der Waals surface area contributed by atoms with Crippen LogP contribution < -0.4 is 0 Å². The fourth-order valence-electron chi connectivity index (χ4n) is 1.01. The molecule has 0 saturated carbocycles. The van der Waals surface area contributed by atoms with Crippen molar-refractivity contribution in [2.24, 2.45) is 0 Å². The van der Waals surface area contributed by atoms with Gasteiger partial charge in [0.1, 0.15) is 6.10 Å². The standard InChI is InChI=1S/C7H10O3/c8-7(9)10-6-4-2-1-3-5-6/h2,4,6H,1,3,5H2,(H,8,9)/t6-/m1/s1. The van der Waals surface area contributed by atoms with Gasteiger partial charge in [0, 0.05) is 0 Å². The molecule has 0 saturated heterocycles. The van der Waals surface area contributed by atoms with E-state index in [2.05, 4.69) is 4.74 Å². The van der Waals surface area contributed by atoms with Gasteiger partial charge in [0.15, 0.2) is 0 Å². The van der Waals surface area contributed by atoms with Crippen LogP contribution >= 0.6 is 0 Å². The highest BCUT2D eigenvalue weighted by Gasteiger charge is 2.11. The van der Waals surface area contributed by atoms with E-state index in [1.165, 1.54) is 0 Å². The van der Waals surface area contributed by atoms with Gasteiger partial charge in [0.05, 0.1) is 0 Å². The average Bonchev–Trinajstić information content (AvgIpc) is 1.88. The molecule has 1 N–H and O–H groups in total. The Morgan fingerprint density at radius 1 is 1.70 bits per heavy atom. The molecule has 10 heavy (non-hydrogen) atoms. The van der Waals surface area contributed by atoms with Crippen molar-refractivity contribution < 1.29 is 14.6 Å². The van der Waals surface area contributed by atoms with Gasteiger partial charge in [0.25, 0.3) is 0 Å². The smallest absolute Gasteiger partial charge is 0.450 e. The van der Waals surface area contributed by atoms with Crippen molar-refractivity contribution >= 4 is 6.16 Å². The Morgan fingerprint density at radius 2 is 2.50 bits per heavy atom. The molecule has 0 aromatic rings. The van der Waals surface area contributed by atoms with Gasteiger partial charge < -0.3 is 9.84 Å². The second-order valence-electron chi connectivity index (χ2n) is 2.28. The minimum atomic E-state index is -1.18. The molecule has 3 nitrogen and oxygen atoms in total. The highest BCUT2D eigenvalue weighted by Crippen LogP contribution is 2.13. The fourth-order valence-corrected chi connectivity index (χ4v) is 1.01. The lowest BCUT2D eigenvalue weighted by atomic mass is 10.1. The first-order valence-corrected chi connectivity index (χ1v) is 3.35. The molecular weight excluding hydrogens is 132 g/mol. The molecule has 56 valence electrons. The van der Waals surface area contributed by atoms with E-state index in [1.807, 2.05) is 6.08 Å². The van der Waals surface area contributed by atoms with Gasteiger partial charge in [-0.2, -0.15) is 0 Å². The zero-order valence-electron chi connectivity index (χ0n) is 5.62. The second-order valence-corrected chi connectivity index (χ2v) is 2.28. The molecule has 0 aromatic heterocycles.